The normalized spacial score (nSPS) is 13.9. The quantitative estimate of drug-likeness (QED) is 0.722. The Bertz CT molecular complexity index is 779. The third-order valence-corrected chi connectivity index (χ3v) is 3.44. The first-order valence-corrected chi connectivity index (χ1v) is 6.15. The number of ether oxygens (including phenoxy) is 1. The van der Waals surface area contributed by atoms with Crippen LogP contribution in [0, 0.1) is 5.82 Å². The number of aromatic amines is 1. The van der Waals surface area contributed by atoms with Crippen LogP contribution in [0.3, 0.4) is 0 Å². The van der Waals surface area contributed by atoms with E-state index in [9.17, 15) is 4.39 Å². The zero-order valence-corrected chi connectivity index (χ0v) is 10.1. The van der Waals surface area contributed by atoms with Gasteiger partial charge in [-0.15, -0.1) is 0 Å². The third-order valence-electron chi connectivity index (χ3n) is 3.44. The van der Waals surface area contributed by atoms with Gasteiger partial charge in [-0.05, 0) is 35.4 Å². The fourth-order valence-electron chi connectivity index (χ4n) is 2.44. The highest BCUT2D eigenvalue weighted by atomic mass is 19.1. The van der Waals surface area contributed by atoms with E-state index in [-0.39, 0.29) is 5.82 Å². The Kier molecular flexibility index (Phi) is 2.19. The molecule has 0 fully saturated rings. The van der Waals surface area contributed by atoms with Crippen molar-refractivity contribution in [2.75, 3.05) is 0 Å². The summed E-state index contributed by atoms with van der Waals surface area (Å²) in [7, 11) is 0. The summed E-state index contributed by atoms with van der Waals surface area (Å²) in [5, 5.41) is 0. The van der Waals surface area contributed by atoms with Crippen LogP contribution >= 0.6 is 0 Å². The number of rotatable bonds is 1. The molecular formula is C15H11FN2O. The number of nitrogens with zero attached hydrogens (tertiary/aromatic N) is 1. The Labute approximate surface area is 109 Å². The lowest BCUT2D eigenvalue weighted by Crippen LogP contribution is -1.85. The lowest BCUT2D eigenvalue weighted by molar-refractivity contribution is 0.134. The van der Waals surface area contributed by atoms with Gasteiger partial charge in [0.15, 0.2) is 0 Å². The van der Waals surface area contributed by atoms with Gasteiger partial charge in [-0.1, -0.05) is 12.1 Å². The Morgan fingerprint density at radius 2 is 1.95 bits per heavy atom. The van der Waals surface area contributed by atoms with Crippen LogP contribution < -0.4 is 0 Å². The fraction of sp³-hybridized carbons (Fsp3) is 0.133. The van der Waals surface area contributed by atoms with Gasteiger partial charge < -0.3 is 9.72 Å². The van der Waals surface area contributed by atoms with Crippen molar-refractivity contribution in [1.29, 1.82) is 0 Å². The molecule has 1 N–H and O–H groups in total. The van der Waals surface area contributed by atoms with Crippen molar-refractivity contribution in [2.24, 2.45) is 0 Å². The van der Waals surface area contributed by atoms with Crippen LogP contribution in [0.1, 0.15) is 11.1 Å². The van der Waals surface area contributed by atoms with Crippen molar-refractivity contribution >= 4 is 11.0 Å². The number of H-pyrrole nitrogens is 1. The van der Waals surface area contributed by atoms with Crippen molar-refractivity contribution in [3.63, 3.8) is 0 Å². The molecule has 1 aromatic heterocycles. The zero-order valence-electron chi connectivity index (χ0n) is 10.1. The van der Waals surface area contributed by atoms with E-state index in [2.05, 4.69) is 22.1 Å². The number of aromatic nitrogens is 2. The molecule has 1 aliphatic rings. The van der Waals surface area contributed by atoms with Gasteiger partial charge in [0, 0.05) is 5.56 Å². The van der Waals surface area contributed by atoms with E-state index in [4.69, 9.17) is 4.74 Å². The van der Waals surface area contributed by atoms with Gasteiger partial charge in [-0.2, -0.15) is 0 Å². The van der Waals surface area contributed by atoms with Crippen molar-refractivity contribution in [3.05, 3.63) is 53.3 Å². The summed E-state index contributed by atoms with van der Waals surface area (Å²) in [4.78, 5) is 7.64. The standard InChI is InChI=1S/C15H11FN2O/c16-12-3-4-13-14(6-12)18-15(17-13)9-1-2-10-7-19-8-11(10)5-9/h1-6H,7-8H2,(H,17,18). The maximum Gasteiger partial charge on any atom is 0.138 e. The SMILES string of the molecule is Fc1ccc2nc(-c3ccc4c(c3)COC4)[nH]c2c1. The predicted octanol–water partition coefficient (Wildman–Crippen LogP) is 3.40. The van der Waals surface area contributed by atoms with Gasteiger partial charge in [-0.3, -0.25) is 0 Å². The van der Waals surface area contributed by atoms with Gasteiger partial charge in [0.25, 0.3) is 0 Å². The molecule has 94 valence electrons. The van der Waals surface area contributed by atoms with E-state index in [1.54, 1.807) is 6.07 Å². The van der Waals surface area contributed by atoms with E-state index >= 15 is 0 Å². The number of fused-ring (bicyclic) bond motifs is 2. The molecule has 0 unspecified atom stereocenters. The predicted molar refractivity (Wildman–Crippen MR) is 70.0 cm³/mol. The summed E-state index contributed by atoms with van der Waals surface area (Å²) >= 11 is 0. The zero-order chi connectivity index (χ0) is 12.8. The van der Waals surface area contributed by atoms with Gasteiger partial charge in [0.05, 0.1) is 24.2 Å². The molecule has 0 aliphatic carbocycles. The lowest BCUT2D eigenvalue weighted by Gasteiger charge is -2.00. The minimum atomic E-state index is -0.259. The number of imidazole rings is 1. The monoisotopic (exact) mass is 254 g/mol. The van der Waals surface area contributed by atoms with Crippen LogP contribution in [0.15, 0.2) is 36.4 Å². The van der Waals surface area contributed by atoms with E-state index in [0.717, 1.165) is 16.9 Å². The Morgan fingerprint density at radius 3 is 2.89 bits per heavy atom. The third kappa shape index (κ3) is 1.72. The van der Waals surface area contributed by atoms with Crippen molar-refractivity contribution in [1.82, 2.24) is 9.97 Å². The maximum atomic E-state index is 13.2. The topological polar surface area (TPSA) is 37.9 Å². The first kappa shape index (κ1) is 10.7. The molecular weight excluding hydrogens is 243 g/mol. The highest BCUT2D eigenvalue weighted by molar-refractivity contribution is 5.79. The molecule has 4 heteroatoms. The summed E-state index contributed by atoms with van der Waals surface area (Å²) in [6.07, 6.45) is 0. The van der Waals surface area contributed by atoms with Gasteiger partial charge >= 0.3 is 0 Å². The van der Waals surface area contributed by atoms with Crippen LogP contribution in [0.5, 0.6) is 0 Å². The summed E-state index contributed by atoms with van der Waals surface area (Å²) in [6, 6.07) is 10.7. The van der Waals surface area contributed by atoms with E-state index in [1.165, 1.54) is 23.3 Å². The smallest absolute Gasteiger partial charge is 0.138 e. The molecule has 1 aliphatic heterocycles. The van der Waals surface area contributed by atoms with E-state index < -0.39 is 0 Å². The maximum absolute atomic E-state index is 13.2. The second kappa shape index (κ2) is 3.90. The second-order valence-electron chi connectivity index (χ2n) is 4.72. The molecule has 0 amide bonds. The molecule has 19 heavy (non-hydrogen) atoms. The van der Waals surface area contributed by atoms with Crippen LogP contribution in [-0.2, 0) is 18.0 Å². The lowest BCUT2D eigenvalue weighted by atomic mass is 10.1. The first-order chi connectivity index (χ1) is 9.29. The van der Waals surface area contributed by atoms with Crippen LogP contribution in [-0.4, -0.2) is 9.97 Å². The largest absolute Gasteiger partial charge is 0.372 e. The molecule has 2 heterocycles. The van der Waals surface area contributed by atoms with Crippen LogP contribution in [0.2, 0.25) is 0 Å². The summed E-state index contributed by atoms with van der Waals surface area (Å²) < 4.78 is 18.6. The molecule has 0 radical (unpaired) electrons. The first-order valence-electron chi connectivity index (χ1n) is 6.15. The average molecular weight is 254 g/mol. The number of benzene rings is 2. The molecule has 4 rings (SSSR count). The molecule has 0 spiro atoms. The molecule has 3 nitrogen and oxygen atoms in total. The molecule has 0 saturated carbocycles. The minimum absolute atomic E-state index is 0.259. The van der Waals surface area contributed by atoms with Crippen LogP contribution in [0.25, 0.3) is 22.4 Å². The number of halogens is 1. The van der Waals surface area contributed by atoms with Crippen molar-refractivity contribution in [2.45, 2.75) is 13.2 Å². The van der Waals surface area contributed by atoms with E-state index in [1.807, 2.05) is 6.07 Å². The van der Waals surface area contributed by atoms with Crippen molar-refractivity contribution in [3.8, 4) is 11.4 Å². The summed E-state index contributed by atoms with van der Waals surface area (Å²) in [5.74, 6) is 0.500. The molecule has 0 saturated heterocycles. The molecule has 2 aromatic carbocycles. The molecule has 0 bridgehead atoms. The highest BCUT2D eigenvalue weighted by Gasteiger charge is 2.13. The van der Waals surface area contributed by atoms with Crippen LogP contribution in [0.4, 0.5) is 4.39 Å². The van der Waals surface area contributed by atoms with E-state index in [0.29, 0.717) is 18.7 Å². The Morgan fingerprint density at radius 1 is 1.05 bits per heavy atom. The Balaban J connectivity index is 1.85. The average Bonchev–Trinajstić information content (AvgIpc) is 3.02. The molecule has 0 atom stereocenters. The van der Waals surface area contributed by atoms with Gasteiger partial charge in [0.2, 0.25) is 0 Å². The molecule has 3 aromatic rings. The highest BCUT2D eigenvalue weighted by Crippen LogP contribution is 2.27. The Hall–Kier alpha value is -2.20. The number of hydrogen-bond donors (Lipinski definition) is 1. The van der Waals surface area contributed by atoms with Gasteiger partial charge in [0.1, 0.15) is 11.6 Å². The fourth-order valence-corrected chi connectivity index (χ4v) is 2.44. The summed E-state index contributed by atoms with van der Waals surface area (Å²) in [5.41, 5.74) is 4.91. The second-order valence-corrected chi connectivity index (χ2v) is 4.72. The van der Waals surface area contributed by atoms with Crippen molar-refractivity contribution < 1.29 is 9.13 Å². The van der Waals surface area contributed by atoms with Gasteiger partial charge in [-0.25, -0.2) is 9.37 Å². The number of hydrogen-bond acceptors (Lipinski definition) is 2. The minimum Gasteiger partial charge on any atom is -0.372 e. The summed E-state index contributed by atoms with van der Waals surface area (Å²) in [6.45, 7) is 1.33. The number of nitrogens with one attached hydrogen (secondary N) is 1.